The molecule has 2 rings (SSSR count). The van der Waals surface area contributed by atoms with Gasteiger partial charge in [0.25, 0.3) is 6.43 Å². The van der Waals surface area contributed by atoms with Gasteiger partial charge in [-0.2, -0.15) is 0 Å². The van der Waals surface area contributed by atoms with E-state index in [1.165, 1.54) is 13.2 Å². The average Bonchev–Trinajstić information content (AvgIpc) is 2.59. The van der Waals surface area contributed by atoms with Crippen LogP contribution >= 0.6 is 0 Å². The minimum atomic E-state index is -3.22. The predicted molar refractivity (Wildman–Crippen MR) is 83.1 cm³/mol. The average molecular weight is 338 g/mol. The molecule has 0 aliphatic rings. The molecule has 0 fully saturated rings. The van der Waals surface area contributed by atoms with Gasteiger partial charge in [-0.1, -0.05) is 30.3 Å². The number of carbonyl (C=O) groups is 1. The topological polar surface area (TPSA) is 35.5 Å². The van der Waals surface area contributed by atoms with Crippen molar-refractivity contribution >= 4 is 5.97 Å². The first-order chi connectivity index (χ1) is 11.4. The summed E-state index contributed by atoms with van der Waals surface area (Å²) in [5.74, 6) is -0.735. The zero-order valence-corrected chi connectivity index (χ0v) is 13.3. The lowest BCUT2D eigenvalue weighted by Gasteiger charge is -2.17. The van der Waals surface area contributed by atoms with E-state index in [-0.39, 0.29) is 23.5 Å². The zero-order valence-electron chi connectivity index (χ0n) is 13.3. The van der Waals surface area contributed by atoms with Crippen molar-refractivity contribution in [3.63, 3.8) is 0 Å². The highest BCUT2D eigenvalue weighted by Crippen LogP contribution is 2.35. The summed E-state index contributed by atoms with van der Waals surface area (Å²) in [6, 6.07) is 11.5. The molecule has 0 aliphatic carbocycles. The highest BCUT2D eigenvalue weighted by Gasteiger charge is 2.27. The molecule has 1 unspecified atom stereocenters. The standard InChI is InChI=1S/C18H17F3O3/c1-11-8-15(24-10-12-6-4-3-5-7-12)14(16(19)17(20)21)9-13(11)18(22)23-2/h3-9,16-17H,10H2,1-2H3. The second-order valence-electron chi connectivity index (χ2n) is 5.21. The van der Waals surface area contributed by atoms with Crippen molar-refractivity contribution in [2.75, 3.05) is 7.11 Å². The van der Waals surface area contributed by atoms with Crippen molar-refractivity contribution < 1.29 is 27.4 Å². The van der Waals surface area contributed by atoms with Crippen LogP contribution in [0.2, 0.25) is 0 Å². The molecule has 0 saturated heterocycles. The minimum absolute atomic E-state index is 0.0168. The van der Waals surface area contributed by atoms with Crippen LogP contribution in [0.3, 0.4) is 0 Å². The van der Waals surface area contributed by atoms with Gasteiger partial charge in [0.05, 0.1) is 12.7 Å². The van der Waals surface area contributed by atoms with Crippen molar-refractivity contribution in [2.45, 2.75) is 26.1 Å². The highest BCUT2D eigenvalue weighted by molar-refractivity contribution is 5.91. The third-order valence-electron chi connectivity index (χ3n) is 3.52. The fourth-order valence-corrected chi connectivity index (χ4v) is 2.24. The maximum atomic E-state index is 13.9. The summed E-state index contributed by atoms with van der Waals surface area (Å²) >= 11 is 0. The smallest absolute Gasteiger partial charge is 0.338 e. The van der Waals surface area contributed by atoms with Gasteiger partial charge < -0.3 is 9.47 Å². The van der Waals surface area contributed by atoms with Crippen LogP contribution in [0.5, 0.6) is 5.75 Å². The summed E-state index contributed by atoms with van der Waals surface area (Å²) in [5, 5.41) is 0. The van der Waals surface area contributed by atoms with E-state index in [1.54, 1.807) is 19.1 Å². The number of halogens is 3. The lowest BCUT2D eigenvalue weighted by Crippen LogP contribution is -2.11. The van der Waals surface area contributed by atoms with Crippen molar-refractivity contribution in [1.82, 2.24) is 0 Å². The lowest BCUT2D eigenvalue weighted by atomic mass is 10.0. The molecular formula is C18H17F3O3. The van der Waals surface area contributed by atoms with E-state index in [0.29, 0.717) is 5.56 Å². The Balaban J connectivity index is 2.37. The van der Waals surface area contributed by atoms with Crippen molar-refractivity contribution in [2.24, 2.45) is 0 Å². The van der Waals surface area contributed by atoms with Crippen molar-refractivity contribution in [3.05, 3.63) is 64.7 Å². The van der Waals surface area contributed by atoms with Crippen LogP contribution in [-0.2, 0) is 11.3 Å². The van der Waals surface area contributed by atoms with E-state index in [2.05, 4.69) is 4.74 Å². The maximum Gasteiger partial charge on any atom is 0.338 e. The van der Waals surface area contributed by atoms with Gasteiger partial charge in [0.1, 0.15) is 12.4 Å². The number of ether oxygens (including phenoxy) is 2. The number of esters is 1. The van der Waals surface area contributed by atoms with E-state index in [4.69, 9.17) is 4.74 Å². The molecule has 128 valence electrons. The van der Waals surface area contributed by atoms with Gasteiger partial charge in [-0.3, -0.25) is 0 Å². The third kappa shape index (κ3) is 4.07. The maximum absolute atomic E-state index is 13.9. The van der Waals surface area contributed by atoms with Crippen LogP contribution in [0.15, 0.2) is 42.5 Å². The molecule has 0 saturated carbocycles. The Kier molecular flexibility index (Phi) is 5.84. The van der Waals surface area contributed by atoms with E-state index in [1.807, 2.05) is 18.2 Å². The van der Waals surface area contributed by atoms with Crippen LogP contribution in [0.4, 0.5) is 13.2 Å². The summed E-state index contributed by atoms with van der Waals surface area (Å²) < 4.78 is 49.7. The van der Waals surface area contributed by atoms with Crippen LogP contribution < -0.4 is 4.74 Å². The van der Waals surface area contributed by atoms with E-state index in [0.717, 1.165) is 11.6 Å². The molecule has 0 heterocycles. The lowest BCUT2D eigenvalue weighted by molar-refractivity contribution is 0.0472. The Morgan fingerprint density at radius 3 is 2.38 bits per heavy atom. The first-order valence-corrected chi connectivity index (χ1v) is 7.25. The van der Waals surface area contributed by atoms with Gasteiger partial charge in [-0.25, -0.2) is 18.0 Å². The number of benzene rings is 2. The summed E-state index contributed by atoms with van der Waals surface area (Å²) in [5.41, 5.74) is 0.926. The SMILES string of the molecule is COC(=O)c1cc(C(F)C(F)F)c(OCc2ccccc2)cc1C. The van der Waals surface area contributed by atoms with Crippen LogP contribution in [0.1, 0.15) is 33.2 Å². The van der Waals surface area contributed by atoms with E-state index in [9.17, 15) is 18.0 Å². The summed E-state index contributed by atoms with van der Waals surface area (Å²) in [7, 11) is 1.17. The van der Waals surface area contributed by atoms with E-state index < -0.39 is 18.6 Å². The molecule has 2 aromatic rings. The quantitative estimate of drug-likeness (QED) is 0.720. The van der Waals surface area contributed by atoms with Gasteiger partial charge in [0.2, 0.25) is 0 Å². The first-order valence-electron chi connectivity index (χ1n) is 7.25. The monoisotopic (exact) mass is 338 g/mol. The van der Waals surface area contributed by atoms with Gasteiger partial charge in [0, 0.05) is 5.56 Å². The molecule has 2 aromatic carbocycles. The Morgan fingerprint density at radius 2 is 1.79 bits per heavy atom. The molecule has 0 aromatic heterocycles. The van der Waals surface area contributed by atoms with Crippen molar-refractivity contribution in [3.8, 4) is 5.75 Å². The molecule has 6 heteroatoms. The number of carbonyl (C=O) groups excluding carboxylic acids is 1. The number of rotatable bonds is 6. The fraction of sp³-hybridized carbons (Fsp3) is 0.278. The van der Waals surface area contributed by atoms with Crippen molar-refractivity contribution in [1.29, 1.82) is 0 Å². The molecule has 3 nitrogen and oxygen atoms in total. The Labute approximate surface area is 138 Å². The molecule has 0 bridgehead atoms. The number of hydrogen-bond acceptors (Lipinski definition) is 3. The zero-order chi connectivity index (χ0) is 17.7. The first kappa shape index (κ1) is 17.8. The summed E-state index contributed by atoms with van der Waals surface area (Å²) in [6.45, 7) is 1.70. The van der Waals surface area contributed by atoms with E-state index >= 15 is 0 Å². The molecule has 1 atom stereocenters. The fourth-order valence-electron chi connectivity index (χ4n) is 2.24. The molecule has 0 aliphatic heterocycles. The second kappa shape index (κ2) is 7.86. The van der Waals surface area contributed by atoms with Gasteiger partial charge in [-0.15, -0.1) is 0 Å². The third-order valence-corrected chi connectivity index (χ3v) is 3.52. The number of alkyl halides is 3. The Bertz CT molecular complexity index is 702. The predicted octanol–water partition coefficient (Wildman–Crippen LogP) is 4.64. The molecule has 0 radical (unpaired) electrons. The summed E-state index contributed by atoms with van der Waals surface area (Å²) in [6.07, 6.45) is -5.78. The molecule has 24 heavy (non-hydrogen) atoms. The van der Waals surface area contributed by atoms with Gasteiger partial charge in [0.15, 0.2) is 6.17 Å². The minimum Gasteiger partial charge on any atom is -0.488 e. The van der Waals surface area contributed by atoms with Crippen LogP contribution in [0, 0.1) is 6.92 Å². The normalized spacial score (nSPS) is 12.1. The van der Waals surface area contributed by atoms with Crippen LogP contribution in [0.25, 0.3) is 0 Å². The van der Waals surface area contributed by atoms with Gasteiger partial charge in [-0.05, 0) is 30.2 Å². The second-order valence-corrected chi connectivity index (χ2v) is 5.21. The molecule has 0 amide bonds. The molecule has 0 N–H and O–H groups in total. The molecular weight excluding hydrogens is 321 g/mol. The van der Waals surface area contributed by atoms with Gasteiger partial charge >= 0.3 is 5.97 Å². The highest BCUT2D eigenvalue weighted by atomic mass is 19.3. The van der Waals surface area contributed by atoms with Crippen LogP contribution in [-0.4, -0.2) is 19.5 Å². The molecule has 0 spiro atoms. The number of hydrogen-bond donors (Lipinski definition) is 0. The Hall–Kier alpha value is -2.50. The number of aryl methyl sites for hydroxylation is 1. The largest absolute Gasteiger partial charge is 0.488 e. The number of methoxy groups -OCH3 is 1. The summed E-state index contributed by atoms with van der Waals surface area (Å²) in [4.78, 5) is 11.7. The Morgan fingerprint density at radius 1 is 1.12 bits per heavy atom.